The summed E-state index contributed by atoms with van der Waals surface area (Å²) in [6.07, 6.45) is 0.872. The molecule has 10 nitrogen and oxygen atoms in total. The van der Waals surface area contributed by atoms with Crippen LogP contribution in [0.1, 0.15) is 22.8 Å². The second-order valence-electron chi connectivity index (χ2n) is 10.5. The molecule has 0 spiro atoms. The Bertz CT molecular complexity index is 1790. The number of anilines is 1. The maximum Gasteiger partial charge on any atom is 0.279 e. The van der Waals surface area contributed by atoms with E-state index in [9.17, 15) is 14.7 Å². The van der Waals surface area contributed by atoms with Gasteiger partial charge in [0.05, 0.1) is 40.7 Å². The lowest BCUT2D eigenvalue weighted by molar-refractivity contribution is 0.102. The van der Waals surface area contributed by atoms with E-state index in [-0.39, 0.29) is 16.6 Å². The van der Waals surface area contributed by atoms with Crippen molar-refractivity contribution in [2.75, 3.05) is 25.5 Å². The highest BCUT2D eigenvalue weighted by molar-refractivity contribution is 6.39. The van der Waals surface area contributed by atoms with Gasteiger partial charge in [0.25, 0.3) is 11.5 Å². The summed E-state index contributed by atoms with van der Waals surface area (Å²) in [5.74, 6) is -0.168. The van der Waals surface area contributed by atoms with Crippen molar-refractivity contribution in [1.29, 1.82) is 0 Å². The van der Waals surface area contributed by atoms with Gasteiger partial charge in [0.15, 0.2) is 0 Å². The topological polar surface area (TPSA) is 122 Å². The summed E-state index contributed by atoms with van der Waals surface area (Å²) >= 11 is 13.7. The highest BCUT2D eigenvalue weighted by atomic mass is 35.5. The van der Waals surface area contributed by atoms with E-state index in [2.05, 4.69) is 27.2 Å². The number of methoxy groups -OCH3 is 1. The maximum absolute atomic E-state index is 12.9. The van der Waals surface area contributed by atoms with Crippen LogP contribution in [0.4, 0.5) is 5.69 Å². The quantitative estimate of drug-likeness (QED) is 0.241. The van der Waals surface area contributed by atoms with Crippen molar-refractivity contribution < 1.29 is 14.6 Å². The van der Waals surface area contributed by atoms with Gasteiger partial charge < -0.3 is 25.4 Å². The van der Waals surface area contributed by atoms with Crippen LogP contribution >= 0.6 is 23.2 Å². The molecule has 0 saturated carbocycles. The van der Waals surface area contributed by atoms with Crippen LogP contribution in [0.2, 0.25) is 10.0 Å². The molecule has 1 saturated heterocycles. The van der Waals surface area contributed by atoms with E-state index in [1.165, 1.54) is 19.3 Å². The molecule has 12 heteroatoms. The highest BCUT2D eigenvalue weighted by Gasteiger charge is 2.30. The first-order valence-electron chi connectivity index (χ1n) is 13.9. The van der Waals surface area contributed by atoms with E-state index in [1.54, 1.807) is 25.3 Å². The fourth-order valence-electron chi connectivity index (χ4n) is 5.11. The third kappa shape index (κ3) is 6.34. The number of benzene rings is 2. The minimum Gasteiger partial charge on any atom is -0.481 e. The summed E-state index contributed by atoms with van der Waals surface area (Å²) in [5, 5.41) is 21.1. The van der Waals surface area contributed by atoms with Gasteiger partial charge in [-0.05, 0) is 25.1 Å². The predicted octanol–water partition coefficient (Wildman–Crippen LogP) is 4.75. The molecule has 1 fully saturated rings. The number of ether oxygens (including phenoxy) is 1. The van der Waals surface area contributed by atoms with Gasteiger partial charge in [-0.2, -0.15) is 5.10 Å². The normalized spacial score (nSPS) is 16.2. The fraction of sp³-hybridized carbons (Fsp3) is 0.250. The number of nitrogens with one attached hydrogen (secondary N) is 2. The van der Waals surface area contributed by atoms with Crippen molar-refractivity contribution in [3.8, 4) is 28.3 Å². The van der Waals surface area contributed by atoms with Crippen LogP contribution in [0, 0.1) is 0 Å². The molecule has 2 atom stereocenters. The first-order valence-corrected chi connectivity index (χ1v) is 14.6. The van der Waals surface area contributed by atoms with E-state index in [0.29, 0.717) is 58.6 Å². The van der Waals surface area contributed by atoms with Crippen molar-refractivity contribution in [3.05, 3.63) is 105 Å². The Labute approximate surface area is 264 Å². The van der Waals surface area contributed by atoms with Crippen LogP contribution in [0.15, 0.2) is 77.9 Å². The Hall–Kier alpha value is -4.22. The molecule has 0 radical (unpaired) electrons. The molecule has 1 aliphatic heterocycles. The number of aliphatic hydroxyl groups is 1. The first-order chi connectivity index (χ1) is 21.1. The minimum atomic E-state index is -0.603. The molecule has 2 unspecified atom stereocenters. The average molecular weight is 636 g/mol. The van der Waals surface area contributed by atoms with E-state index < -0.39 is 17.6 Å². The summed E-state index contributed by atoms with van der Waals surface area (Å²) < 4.78 is 6.70. The third-order valence-electron chi connectivity index (χ3n) is 7.58. The van der Waals surface area contributed by atoms with Gasteiger partial charge in [-0.25, -0.2) is 9.67 Å². The number of hydrogen-bond donors (Lipinski definition) is 3. The van der Waals surface area contributed by atoms with Gasteiger partial charge >= 0.3 is 0 Å². The summed E-state index contributed by atoms with van der Waals surface area (Å²) in [7, 11) is 3.03. The number of carbonyl (C=O) groups excluding carboxylic acids is 1. The minimum absolute atomic E-state index is 0.0593. The van der Waals surface area contributed by atoms with Crippen LogP contribution in [0.25, 0.3) is 22.4 Å². The number of carbonyl (C=O) groups is 1. The highest BCUT2D eigenvalue weighted by Crippen LogP contribution is 2.41. The summed E-state index contributed by atoms with van der Waals surface area (Å²) in [4.78, 5) is 32.0. The number of β-amino-alcohol motifs (C(OH)–C–C–N with tert-alkyl or cyclic N) is 1. The number of halogens is 2. The number of likely N-dealkylation sites (tertiary alicyclic amines) is 1. The van der Waals surface area contributed by atoms with Crippen LogP contribution in [0.3, 0.4) is 0 Å². The van der Waals surface area contributed by atoms with Crippen LogP contribution < -0.4 is 20.9 Å². The molecule has 2 aromatic heterocycles. The van der Waals surface area contributed by atoms with Gasteiger partial charge in [0.2, 0.25) is 5.88 Å². The Morgan fingerprint density at radius 1 is 1.07 bits per heavy atom. The Morgan fingerprint density at radius 3 is 2.48 bits per heavy atom. The molecule has 5 rings (SSSR count). The van der Waals surface area contributed by atoms with Gasteiger partial charge in [-0.1, -0.05) is 66.2 Å². The summed E-state index contributed by atoms with van der Waals surface area (Å²) in [6.45, 7) is 7.56. The number of nitrogens with zero attached hydrogens (tertiary/aromatic N) is 4. The Balaban J connectivity index is 1.39. The van der Waals surface area contributed by atoms with Crippen molar-refractivity contribution in [2.24, 2.45) is 7.05 Å². The van der Waals surface area contributed by atoms with E-state index in [4.69, 9.17) is 32.9 Å². The van der Waals surface area contributed by atoms with Gasteiger partial charge in [-0.15, -0.1) is 0 Å². The number of aryl methyl sites for hydroxylation is 1. The zero-order valence-corrected chi connectivity index (χ0v) is 26.0. The number of hydrogen-bond acceptors (Lipinski definition) is 8. The molecule has 3 N–H and O–H groups in total. The standard InChI is InChI=1S/C32H32Cl2N6O4/c1-18(2)40-16-26(27(41)17-40)35-15-19-11-12-24(38-31(19)44-4)22-9-5-7-20(28(22)33)21-8-6-10-25(29(21)34)37-30(42)23-13-14-36-39(3)32(23)43/h5-14,26-27,35,41H,1,15-17H2,2-4H3,(H,37,42). The van der Waals surface area contributed by atoms with Crippen molar-refractivity contribution in [1.82, 2.24) is 25.0 Å². The second kappa shape index (κ2) is 13.2. The van der Waals surface area contributed by atoms with E-state index in [1.807, 2.05) is 37.3 Å². The Morgan fingerprint density at radius 2 is 1.77 bits per heavy atom. The molecular weight excluding hydrogens is 603 g/mol. The molecule has 44 heavy (non-hydrogen) atoms. The zero-order valence-electron chi connectivity index (χ0n) is 24.5. The van der Waals surface area contributed by atoms with Crippen molar-refractivity contribution in [3.63, 3.8) is 0 Å². The Kier molecular flexibility index (Phi) is 9.36. The third-order valence-corrected chi connectivity index (χ3v) is 8.39. The lowest BCUT2D eigenvalue weighted by Gasteiger charge is -2.19. The summed E-state index contributed by atoms with van der Waals surface area (Å²) in [5.41, 5.74) is 3.98. The van der Waals surface area contributed by atoms with E-state index in [0.717, 1.165) is 15.9 Å². The van der Waals surface area contributed by atoms with Gasteiger partial charge in [0.1, 0.15) is 5.56 Å². The lowest BCUT2D eigenvalue weighted by atomic mass is 10.00. The number of pyridine rings is 1. The second-order valence-corrected chi connectivity index (χ2v) is 11.3. The molecule has 1 aliphatic rings. The number of aliphatic hydroxyl groups excluding tert-OH is 1. The number of allylic oxidation sites excluding steroid dienone is 1. The molecule has 4 aromatic rings. The molecule has 228 valence electrons. The molecule has 0 aliphatic carbocycles. The molecular formula is C32H32Cl2N6O4. The van der Waals surface area contributed by atoms with Crippen molar-refractivity contribution in [2.45, 2.75) is 25.6 Å². The SMILES string of the molecule is C=C(C)N1CC(O)C(NCc2ccc(-c3cccc(-c4cccc(NC(=O)c5ccnn(C)c5=O)c4Cl)c3Cl)nc2OC)C1. The average Bonchev–Trinajstić information content (AvgIpc) is 3.39. The molecule has 1 amide bonds. The molecule has 2 aromatic carbocycles. The molecule has 0 bridgehead atoms. The maximum atomic E-state index is 12.9. The van der Waals surface area contributed by atoms with Crippen LogP contribution in [-0.4, -0.2) is 63.0 Å². The smallest absolute Gasteiger partial charge is 0.279 e. The van der Waals surface area contributed by atoms with Gasteiger partial charge in [-0.3, -0.25) is 9.59 Å². The largest absolute Gasteiger partial charge is 0.481 e. The number of aromatic nitrogens is 3. The lowest BCUT2D eigenvalue weighted by Crippen LogP contribution is -2.38. The van der Waals surface area contributed by atoms with Crippen LogP contribution in [0.5, 0.6) is 5.88 Å². The fourth-order valence-corrected chi connectivity index (χ4v) is 5.71. The van der Waals surface area contributed by atoms with E-state index >= 15 is 0 Å². The number of rotatable bonds is 9. The number of amides is 1. The molecule has 3 heterocycles. The zero-order chi connectivity index (χ0) is 31.5. The van der Waals surface area contributed by atoms with Crippen molar-refractivity contribution >= 4 is 34.8 Å². The summed E-state index contributed by atoms with van der Waals surface area (Å²) in [6, 6.07) is 15.7. The predicted molar refractivity (Wildman–Crippen MR) is 172 cm³/mol. The van der Waals surface area contributed by atoms with Gasteiger partial charge in [0, 0.05) is 60.8 Å². The monoisotopic (exact) mass is 634 g/mol. The first kappa shape index (κ1) is 31.2. The van der Waals surface area contributed by atoms with Crippen LogP contribution in [-0.2, 0) is 13.6 Å².